The quantitative estimate of drug-likeness (QED) is 0.623. The maximum absolute atomic E-state index is 11.8. The topological polar surface area (TPSA) is 49.4 Å². The average Bonchev–Trinajstić information content (AvgIpc) is 2.37. The molecule has 0 fully saturated rings. The first kappa shape index (κ1) is 16.0. The lowest BCUT2D eigenvalue weighted by Gasteiger charge is -2.15. The molecular formula is C15H18BN2O2. The van der Waals surface area contributed by atoms with Crippen LogP contribution in [0.25, 0.3) is 0 Å². The number of amides is 2. The number of nitrogens with zero attached hydrogens (tertiary/aromatic N) is 1. The van der Waals surface area contributed by atoms with Crippen LogP contribution in [0, 0.1) is 6.92 Å². The molecule has 0 saturated carbocycles. The molecule has 0 heterocycles. The summed E-state index contributed by atoms with van der Waals surface area (Å²) in [6, 6.07) is 6.74. The number of rotatable bonds is 5. The number of hydrogen-bond donors (Lipinski definition) is 1. The molecule has 20 heavy (non-hydrogen) atoms. The van der Waals surface area contributed by atoms with Gasteiger partial charge in [-0.2, -0.15) is 0 Å². The van der Waals surface area contributed by atoms with Crippen LogP contribution in [0.15, 0.2) is 35.9 Å². The van der Waals surface area contributed by atoms with Gasteiger partial charge < -0.3 is 10.2 Å². The zero-order valence-corrected chi connectivity index (χ0v) is 11.8. The van der Waals surface area contributed by atoms with E-state index < -0.39 is 0 Å². The van der Waals surface area contributed by atoms with Crippen LogP contribution in [0.2, 0.25) is 0 Å². The highest BCUT2D eigenvalue weighted by atomic mass is 16.2. The normalized spacial score (nSPS) is 11.1. The van der Waals surface area contributed by atoms with E-state index in [2.05, 4.69) is 12.2 Å². The van der Waals surface area contributed by atoms with Crippen molar-refractivity contribution in [2.75, 3.05) is 20.1 Å². The van der Waals surface area contributed by atoms with E-state index in [4.69, 9.17) is 7.85 Å². The molecule has 0 spiro atoms. The monoisotopic (exact) mass is 269 g/mol. The van der Waals surface area contributed by atoms with Gasteiger partial charge in [-0.15, -0.1) is 0 Å². The molecule has 0 atom stereocenters. The number of benzene rings is 1. The molecule has 1 aromatic rings. The Labute approximate surface area is 121 Å². The SMILES string of the molecule is [B]c1cccc(C(=O)NCCN(C)C(=O)/C=C(\[CH2])C)c1. The van der Waals surface area contributed by atoms with Crippen LogP contribution in [0.5, 0.6) is 0 Å². The van der Waals surface area contributed by atoms with Gasteiger partial charge in [0.25, 0.3) is 5.91 Å². The van der Waals surface area contributed by atoms with E-state index in [0.717, 1.165) is 0 Å². The summed E-state index contributed by atoms with van der Waals surface area (Å²) in [5, 5.41) is 2.74. The van der Waals surface area contributed by atoms with E-state index in [1.165, 1.54) is 11.0 Å². The fraction of sp³-hybridized carbons (Fsp3) is 0.267. The number of nitrogens with one attached hydrogen (secondary N) is 1. The van der Waals surface area contributed by atoms with Crippen molar-refractivity contribution in [3.05, 3.63) is 48.4 Å². The Balaban J connectivity index is 2.43. The number of carbonyl (C=O) groups excluding carboxylic acids is 2. The van der Waals surface area contributed by atoms with E-state index in [9.17, 15) is 9.59 Å². The standard InChI is InChI=1S/C15H18BN2O2/c1-11(2)9-14(19)18(3)8-7-17-15(20)12-5-4-6-13(16)10-12/h4-6,9-10H,1,7-8H2,2-3H3,(H,17,20)/b11-9+. The molecule has 0 aliphatic heterocycles. The third kappa shape index (κ3) is 5.30. The minimum Gasteiger partial charge on any atom is -0.350 e. The van der Waals surface area contributed by atoms with E-state index in [-0.39, 0.29) is 11.8 Å². The molecule has 0 aliphatic rings. The fourth-order valence-corrected chi connectivity index (χ4v) is 1.55. The molecule has 0 aliphatic carbocycles. The Kier molecular flexibility index (Phi) is 6.03. The Bertz CT molecular complexity index is 522. The molecule has 0 aromatic heterocycles. The summed E-state index contributed by atoms with van der Waals surface area (Å²) >= 11 is 0. The van der Waals surface area contributed by atoms with Gasteiger partial charge in [-0.25, -0.2) is 0 Å². The molecule has 5 heteroatoms. The van der Waals surface area contributed by atoms with Crippen LogP contribution in [-0.2, 0) is 4.79 Å². The van der Waals surface area contributed by atoms with Crippen molar-refractivity contribution in [2.24, 2.45) is 0 Å². The lowest BCUT2D eigenvalue weighted by molar-refractivity contribution is -0.124. The molecule has 0 unspecified atom stereocenters. The summed E-state index contributed by atoms with van der Waals surface area (Å²) in [6.07, 6.45) is 1.46. The van der Waals surface area contributed by atoms with E-state index >= 15 is 0 Å². The van der Waals surface area contributed by atoms with E-state index in [1.807, 2.05) is 0 Å². The van der Waals surface area contributed by atoms with Gasteiger partial charge in [0.05, 0.1) is 0 Å². The first-order valence-electron chi connectivity index (χ1n) is 6.29. The minimum atomic E-state index is -0.206. The lowest BCUT2D eigenvalue weighted by Crippen LogP contribution is -2.35. The van der Waals surface area contributed by atoms with Crippen LogP contribution < -0.4 is 10.8 Å². The molecule has 0 saturated heterocycles. The molecule has 1 aromatic carbocycles. The number of hydrogen-bond acceptors (Lipinski definition) is 2. The smallest absolute Gasteiger partial charge is 0.251 e. The zero-order chi connectivity index (χ0) is 15.1. The molecule has 0 bridgehead atoms. The second kappa shape index (κ2) is 7.53. The average molecular weight is 269 g/mol. The van der Waals surface area contributed by atoms with Crippen LogP contribution in [0.3, 0.4) is 0 Å². The predicted octanol–water partition coefficient (Wildman–Crippen LogP) is 0.449. The van der Waals surface area contributed by atoms with Gasteiger partial charge in [0.1, 0.15) is 7.85 Å². The van der Waals surface area contributed by atoms with Crippen molar-refractivity contribution >= 4 is 25.1 Å². The highest BCUT2D eigenvalue weighted by Crippen LogP contribution is 1.96. The van der Waals surface area contributed by atoms with E-state index in [1.54, 1.807) is 38.2 Å². The molecule has 4 nitrogen and oxygen atoms in total. The van der Waals surface area contributed by atoms with Crippen LogP contribution in [-0.4, -0.2) is 44.7 Å². The first-order chi connectivity index (χ1) is 9.40. The van der Waals surface area contributed by atoms with Crippen LogP contribution in [0.1, 0.15) is 17.3 Å². The van der Waals surface area contributed by atoms with E-state index in [0.29, 0.717) is 29.7 Å². The van der Waals surface area contributed by atoms with Crippen molar-refractivity contribution < 1.29 is 9.59 Å². The van der Waals surface area contributed by atoms with Crippen molar-refractivity contribution in [3.63, 3.8) is 0 Å². The molecule has 2 amide bonds. The highest BCUT2D eigenvalue weighted by Gasteiger charge is 2.07. The van der Waals surface area contributed by atoms with Crippen molar-refractivity contribution in [3.8, 4) is 0 Å². The zero-order valence-electron chi connectivity index (χ0n) is 11.8. The second-order valence-corrected chi connectivity index (χ2v) is 4.63. The van der Waals surface area contributed by atoms with Gasteiger partial charge >= 0.3 is 0 Å². The first-order valence-corrected chi connectivity index (χ1v) is 6.29. The Morgan fingerprint density at radius 3 is 2.75 bits per heavy atom. The third-order valence-electron chi connectivity index (χ3n) is 2.63. The number of likely N-dealkylation sites (N-methyl/N-ethyl adjacent to an activating group) is 1. The summed E-state index contributed by atoms with van der Waals surface area (Å²) in [5.41, 5.74) is 1.75. The maximum Gasteiger partial charge on any atom is 0.251 e. The van der Waals surface area contributed by atoms with Gasteiger partial charge in [0, 0.05) is 31.8 Å². The fourth-order valence-electron chi connectivity index (χ4n) is 1.55. The maximum atomic E-state index is 11.8. The Morgan fingerprint density at radius 1 is 1.45 bits per heavy atom. The summed E-state index contributed by atoms with van der Waals surface area (Å²) in [6.45, 7) is 6.21. The van der Waals surface area contributed by atoms with Gasteiger partial charge in [-0.1, -0.05) is 29.2 Å². The minimum absolute atomic E-state index is 0.129. The Hall–Kier alpha value is -2.04. The van der Waals surface area contributed by atoms with Gasteiger partial charge in [-0.05, 0) is 19.9 Å². The summed E-state index contributed by atoms with van der Waals surface area (Å²) in [4.78, 5) is 25.0. The van der Waals surface area contributed by atoms with Crippen molar-refractivity contribution in [2.45, 2.75) is 6.92 Å². The molecular weight excluding hydrogens is 251 g/mol. The summed E-state index contributed by atoms with van der Waals surface area (Å²) < 4.78 is 0. The van der Waals surface area contributed by atoms with Crippen LogP contribution in [0.4, 0.5) is 0 Å². The van der Waals surface area contributed by atoms with Crippen LogP contribution >= 0.6 is 0 Å². The summed E-state index contributed by atoms with van der Waals surface area (Å²) in [7, 11) is 7.29. The van der Waals surface area contributed by atoms with Crippen molar-refractivity contribution in [1.29, 1.82) is 0 Å². The third-order valence-corrected chi connectivity index (χ3v) is 2.63. The molecule has 1 rings (SSSR count). The number of carbonyl (C=O) groups is 2. The molecule has 103 valence electrons. The highest BCUT2D eigenvalue weighted by molar-refractivity contribution is 6.32. The molecule has 1 N–H and O–H groups in total. The van der Waals surface area contributed by atoms with Crippen molar-refractivity contribution in [1.82, 2.24) is 10.2 Å². The molecule has 3 radical (unpaired) electrons. The van der Waals surface area contributed by atoms with Gasteiger partial charge in [0.15, 0.2) is 0 Å². The summed E-state index contributed by atoms with van der Waals surface area (Å²) in [5.74, 6) is -0.335. The second-order valence-electron chi connectivity index (χ2n) is 4.63. The Morgan fingerprint density at radius 2 is 2.15 bits per heavy atom. The predicted molar refractivity (Wildman–Crippen MR) is 80.9 cm³/mol. The largest absolute Gasteiger partial charge is 0.350 e. The van der Waals surface area contributed by atoms with Gasteiger partial charge in [0.2, 0.25) is 5.91 Å². The lowest BCUT2D eigenvalue weighted by atomic mass is 9.94. The van der Waals surface area contributed by atoms with Gasteiger partial charge in [-0.3, -0.25) is 9.59 Å². The number of allylic oxidation sites excluding steroid dienone is 1.